The summed E-state index contributed by atoms with van der Waals surface area (Å²) >= 11 is 0. The first-order valence-electron chi connectivity index (χ1n) is 9.62. The van der Waals surface area contributed by atoms with Gasteiger partial charge >= 0.3 is 5.97 Å². The Labute approximate surface area is 170 Å². The summed E-state index contributed by atoms with van der Waals surface area (Å²) < 4.78 is 29.5. The number of rotatable bonds is 7. The van der Waals surface area contributed by atoms with Crippen LogP contribution < -0.4 is 15.8 Å². The first kappa shape index (κ1) is 22.8. The molecule has 0 bridgehead atoms. The monoisotopic (exact) mass is 408 g/mol. The molecule has 7 nitrogen and oxygen atoms in total. The molecule has 1 saturated heterocycles. The maximum absolute atomic E-state index is 13.4. The molecule has 160 valence electrons. The van der Waals surface area contributed by atoms with Gasteiger partial charge in [-0.1, -0.05) is 0 Å². The minimum atomic E-state index is -1.02. The van der Waals surface area contributed by atoms with Gasteiger partial charge in [0.25, 0.3) is 5.91 Å². The molecule has 1 aliphatic rings. The van der Waals surface area contributed by atoms with Crippen molar-refractivity contribution in [3.63, 3.8) is 0 Å². The summed E-state index contributed by atoms with van der Waals surface area (Å²) in [6, 6.07) is 6.45. The fourth-order valence-corrected chi connectivity index (χ4v) is 2.78. The molecule has 0 radical (unpaired) electrons. The van der Waals surface area contributed by atoms with E-state index in [2.05, 4.69) is 5.32 Å². The number of amides is 1. The average molecular weight is 408 g/mol. The molecule has 0 aliphatic carbocycles. The number of esters is 1. The number of halogens is 1. The van der Waals surface area contributed by atoms with E-state index in [0.29, 0.717) is 24.5 Å². The zero-order valence-corrected chi connectivity index (χ0v) is 17.1. The highest BCUT2D eigenvalue weighted by molar-refractivity contribution is 5.94. The topological polar surface area (TPSA) is 99.9 Å². The van der Waals surface area contributed by atoms with Gasteiger partial charge in [-0.25, -0.2) is 9.18 Å². The lowest BCUT2D eigenvalue weighted by Crippen LogP contribution is -2.38. The van der Waals surface area contributed by atoms with Crippen LogP contribution in [0, 0.1) is 0 Å². The van der Waals surface area contributed by atoms with Gasteiger partial charge < -0.3 is 25.3 Å². The normalized spacial score (nSPS) is 16.8. The molecule has 1 atom stereocenters. The standard InChI is InChI=1S/C21H29FN2O5/c1-21(2,3)29-20(26)17(12-22)18(13-23)28-16-6-4-14(5-7-16)19(25)24-15-8-10-27-11-9-15/h4-7,12,15,18H,8-11,13,23H2,1-3H3,(H,24,25). The molecule has 0 saturated carbocycles. The molecule has 0 spiro atoms. The van der Waals surface area contributed by atoms with E-state index in [9.17, 15) is 14.0 Å². The van der Waals surface area contributed by atoms with Gasteiger partial charge in [0.1, 0.15) is 29.4 Å². The second kappa shape index (κ2) is 10.4. The molecule has 0 aromatic heterocycles. The molecular weight excluding hydrogens is 379 g/mol. The zero-order valence-electron chi connectivity index (χ0n) is 17.1. The van der Waals surface area contributed by atoms with E-state index in [1.807, 2.05) is 0 Å². The molecule has 3 N–H and O–H groups in total. The predicted octanol–water partition coefficient (Wildman–Crippen LogP) is 2.50. The van der Waals surface area contributed by atoms with Gasteiger partial charge in [0, 0.05) is 31.4 Å². The Morgan fingerprint density at radius 2 is 1.90 bits per heavy atom. The lowest BCUT2D eigenvalue weighted by Gasteiger charge is -2.24. The van der Waals surface area contributed by atoms with Gasteiger partial charge in [-0.05, 0) is 57.9 Å². The molecule has 1 fully saturated rings. The smallest absolute Gasteiger partial charge is 0.340 e. The number of carbonyl (C=O) groups excluding carboxylic acids is 2. The van der Waals surface area contributed by atoms with E-state index in [1.165, 1.54) is 0 Å². The number of nitrogens with one attached hydrogen (secondary N) is 1. The van der Waals surface area contributed by atoms with E-state index < -0.39 is 17.7 Å². The van der Waals surface area contributed by atoms with Crippen molar-refractivity contribution in [2.45, 2.75) is 51.4 Å². The van der Waals surface area contributed by atoms with Gasteiger partial charge in [-0.3, -0.25) is 4.79 Å². The Kier molecular flexibility index (Phi) is 8.16. The quantitative estimate of drug-likeness (QED) is 0.531. The van der Waals surface area contributed by atoms with E-state index in [4.69, 9.17) is 19.9 Å². The third-order valence-electron chi connectivity index (χ3n) is 4.26. The third kappa shape index (κ3) is 7.14. The highest BCUT2D eigenvalue weighted by atomic mass is 19.1. The van der Waals surface area contributed by atoms with Crippen LogP contribution in [-0.2, 0) is 14.3 Å². The highest BCUT2D eigenvalue weighted by Crippen LogP contribution is 2.20. The SMILES string of the molecule is CC(C)(C)OC(=O)C(=CF)C(CN)Oc1ccc(C(=O)NC2CCOCC2)cc1. The lowest BCUT2D eigenvalue weighted by atomic mass is 10.1. The first-order valence-corrected chi connectivity index (χ1v) is 9.62. The van der Waals surface area contributed by atoms with Gasteiger partial charge in [0.2, 0.25) is 0 Å². The van der Waals surface area contributed by atoms with Crippen LogP contribution in [0.1, 0.15) is 44.0 Å². The molecule has 8 heteroatoms. The predicted molar refractivity (Wildman–Crippen MR) is 106 cm³/mol. The zero-order chi connectivity index (χ0) is 21.4. The van der Waals surface area contributed by atoms with Crippen molar-refractivity contribution < 1.29 is 28.2 Å². The van der Waals surface area contributed by atoms with Crippen molar-refractivity contribution in [1.29, 1.82) is 0 Å². The largest absolute Gasteiger partial charge is 0.484 e. The molecule has 1 amide bonds. The summed E-state index contributed by atoms with van der Waals surface area (Å²) in [6.07, 6.45) is 0.709. The van der Waals surface area contributed by atoms with Crippen LogP contribution in [0.4, 0.5) is 4.39 Å². The average Bonchev–Trinajstić information content (AvgIpc) is 2.67. The summed E-state index contributed by atoms with van der Waals surface area (Å²) in [4.78, 5) is 24.5. The number of nitrogens with two attached hydrogens (primary N) is 1. The Balaban J connectivity index is 2.00. The number of hydrogen-bond acceptors (Lipinski definition) is 6. The van der Waals surface area contributed by atoms with Crippen LogP contribution in [0.5, 0.6) is 5.75 Å². The number of hydrogen-bond donors (Lipinski definition) is 2. The highest BCUT2D eigenvalue weighted by Gasteiger charge is 2.27. The van der Waals surface area contributed by atoms with E-state index in [-0.39, 0.29) is 30.4 Å². The Morgan fingerprint density at radius 3 is 2.41 bits per heavy atom. The minimum absolute atomic E-state index is 0.0971. The fourth-order valence-electron chi connectivity index (χ4n) is 2.78. The molecule has 29 heavy (non-hydrogen) atoms. The summed E-state index contributed by atoms with van der Waals surface area (Å²) in [7, 11) is 0. The number of ether oxygens (including phenoxy) is 3. The molecular formula is C21H29FN2O5. The maximum Gasteiger partial charge on any atom is 0.340 e. The second-order valence-electron chi connectivity index (χ2n) is 7.79. The summed E-state index contributed by atoms with van der Waals surface area (Å²) in [5.41, 5.74) is 5.06. The fraction of sp³-hybridized carbons (Fsp3) is 0.524. The van der Waals surface area contributed by atoms with Crippen molar-refractivity contribution in [3.8, 4) is 5.75 Å². The van der Waals surface area contributed by atoms with Gasteiger partial charge in [-0.15, -0.1) is 0 Å². The molecule has 1 aromatic carbocycles. The Bertz CT molecular complexity index is 722. The lowest BCUT2D eigenvalue weighted by molar-refractivity contribution is -0.150. The Hall–Kier alpha value is -2.45. The summed E-state index contributed by atoms with van der Waals surface area (Å²) in [5, 5.41) is 2.97. The van der Waals surface area contributed by atoms with Crippen molar-refractivity contribution >= 4 is 11.9 Å². The van der Waals surface area contributed by atoms with Crippen LogP contribution >= 0.6 is 0 Å². The molecule has 2 rings (SSSR count). The Morgan fingerprint density at radius 1 is 1.28 bits per heavy atom. The van der Waals surface area contributed by atoms with E-state index in [1.54, 1.807) is 45.0 Å². The van der Waals surface area contributed by atoms with Gasteiger partial charge in [-0.2, -0.15) is 0 Å². The van der Waals surface area contributed by atoms with E-state index in [0.717, 1.165) is 12.8 Å². The van der Waals surface area contributed by atoms with Crippen LogP contribution in [0.25, 0.3) is 0 Å². The third-order valence-corrected chi connectivity index (χ3v) is 4.26. The van der Waals surface area contributed by atoms with Crippen molar-refractivity contribution in [1.82, 2.24) is 5.32 Å². The first-order chi connectivity index (χ1) is 13.7. The summed E-state index contributed by atoms with van der Waals surface area (Å²) in [5.74, 6) is -0.661. The molecule has 1 unspecified atom stereocenters. The molecule has 1 heterocycles. The van der Waals surface area contributed by atoms with Crippen molar-refractivity contribution in [2.75, 3.05) is 19.8 Å². The van der Waals surface area contributed by atoms with Crippen molar-refractivity contribution in [2.24, 2.45) is 5.73 Å². The van der Waals surface area contributed by atoms with Crippen LogP contribution in [0.3, 0.4) is 0 Å². The number of benzene rings is 1. The number of carbonyl (C=O) groups is 2. The van der Waals surface area contributed by atoms with Crippen LogP contribution in [-0.4, -0.2) is 49.4 Å². The van der Waals surface area contributed by atoms with Gasteiger partial charge in [0.15, 0.2) is 0 Å². The van der Waals surface area contributed by atoms with Crippen LogP contribution in [0.2, 0.25) is 0 Å². The summed E-state index contributed by atoms with van der Waals surface area (Å²) in [6.45, 7) is 6.21. The van der Waals surface area contributed by atoms with Gasteiger partial charge in [0.05, 0.1) is 0 Å². The molecule has 1 aromatic rings. The van der Waals surface area contributed by atoms with Crippen LogP contribution in [0.15, 0.2) is 36.2 Å². The minimum Gasteiger partial charge on any atom is -0.484 e. The van der Waals surface area contributed by atoms with E-state index >= 15 is 0 Å². The molecule has 1 aliphatic heterocycles. The maximum atomic E-state index is 13.4. The van der Waals surface area contributed by atoms with Crippen molar-refractivity contribution in [3.05, 3.63) is 41.7 Å². The second-order valence-corrected chi connectivity index (χ2v) is 7.79.